The summed E-state index contributed by atoms with van der Waals surface area (Å²) in [5, 5.41) is 5.23. The minimum Gasteiger partial charge on any atom is -0.451 e. The number of nitrogens with zero attached hydrogens (tertiary/aromatic N) is 3. The maximum Gasteiger partial charge on any atom is 0.171 e. The van der Waals surface area contributed by atoms with Crippen LogP contribution < -0.4 is 10.5 Å². The number of nitrogen functional groups attached to an aromatic ring is 1. The van der Waals surface area contributed by atoms with E-state index in [9.17, 15) is 0 Å². The molecule has 5 nitrogen and oxygen atoms in total. The third-order valence-corrected chi connectivity index (χ3v) is 3.95. The number of nitrogens with two attached hydrogens (primary N) is 1. The second-order valence-electron chi connectivity index (χ2n) is 4.93. The lowest BCUT2D eigenvalue weighted by Gasteiger charge is -2.11. The smallest absolute Gasteiger partial charge is 0.171 e. The Bertz CT molecular complexity index is 836. The normalized spacial score (nSPS) is 11.0. The first-order valence-corrected chi connectivity index (χ1v) is 7.28. The van der Waals surface area contributed by atoms with E-state index in [4.69, 9.17) is 10.5 Å². The Morgan fingerprint density at radius 2 is 2.00 bits per heavy atom. The molecule has 6 heteroatoms. The first kappa shape index (κ1) is 13.9. The standard InChI is InChI=1S/C15H15BrN4O/c1-8-14(9(2)20(3)19-8)21-15-11-6-10(16)4-5-13(11)18-7-12(15)17/h4-7H,17H2,1-3H3. The molecule has 0 aliphatic heterocycles. The van der Waals surface area contributed by atoms with Crippen LogP contribution in [0.3, 0.4) is 0 Å². The quantitative estimate of drug-likeness (QED) is 0.767. The van der Waals surface area contributed by atoms with Gasteiger partial charge in [0.25, 0.3) is 0 Å². The summed E-state index contributed by atoms with van der Waals surface area (Å²) in [6, 6.07) is 5.82. The predicted octanol–water partition coefficient (Wildman–Crippen LogP) is 3.72. The first-order valence-electron chi connectivity index (χ1n) is 6.49. The fourth-order valence-electron chi connectivity index (χ4n) is 2.27. The Morgan fingerprint density at radius 3 is 2.67 bits per heavy atom. The third-order valence-electron chi connectivity index (χ3n) is 3.45. The number of hydrogen-bond acceptors (Lipinski definition) is 4. The number of anilines is 1. The van der Waals surface area contributed by atoms with Crippen LogP contribution in [0, 0.1) is 13.8 Å². The van der Waals surface area contributed by atoms with Gasteiger partial charge in [-0.25, -0.2) is 0 Å². The van der Waals surface area contributed by atoms with Gasteiger partial charge in [0, 0.05) is 16.9 Å². The van der Waals surface area contributed by atoms with E-state index in [2.05, 4.69) is 26.0 Å². The van der Waals surface area contributed by atoms with Crippen LogP contribution in [0.4, 0.5) is 5.69 Å². The number of halogens is 1. The molecule has 0 aliphatic carbocycles. The van der Waals surface area contributed by atoms with Crippen LogP contribution in [-0.2, 0) is 7.05 Å². The molecule has 0 bridgehead atoms. The lowest BCUT2D eigenvalue weighted by atomic mass is 10.2. The van der Waals surface area contributed by atoms with Crippen molar-refractivity contribution in [2.75, 3.05) is 5.73 Å². The molecule has 0 saturated carbocycles. The minimum atomic E-state index is 0.503. The van der Waals surface area contributed by atoms with Gasteiger partial charge >= 0.3 is 0 Å². The van der Waals surface area contributed by atoms with E-state index in [-0.39, 0.29) is 0 Å². The molecule has 0 fully saturated rings. The molecule has 2 heterocycles. The number of aryl methyl sites for hydroxylation is 2. The second-order valence-corrected chi connectivity index (χ2v) is 5.85. The Kier molecular flexibility index (Phi) is 3.33. The number of pyridine rings is 1. The van der Waals surface area contributed by atoms with Crippen molar-refractivity contribution >= 4 is 32.5 Å². The topological polar surface area (TPSA) is 66.0 Å². The number of rotatable bonds is 2. The number of benzene rings is 1. The average molecular weight is 347 g/mol. The highest BCUT2D eigenvalue weighted by Crippen LogP contribution is 2.37. The molecule has 0 unspecified atom stereocenters. The molecule has 0 saturated heterocycles. The fourth-order valence-corrected chi connectivity index (χ4v) is 2.63. The molecule has 21 heavy (non-hydrogen) atoms. The van der Waals surface area contributed by atoms with Crippen molar-refractivity contribution in [1.29, 1.82) is 0 Å². The predicted molar refractivity (Wildman–Crippen MR) is 86.6 cm³/mol. The first-order chi connectivity index (χ1) is 9.97. The number of aromatic nitrogens is 3. The summed E-state index contributed by atoms with van der Waals surface area (Å²) in [5.74, 6) is 1.34. The van der Waals surface area contributed by atoms with Crippen LogP contribution in [0.15, 0.2) is 28.9 Å². The molecular weight excluding hydrogens is 332 g/mol. The molecule has 3 rings (SSSR count). The molecule has 0 radical (unpaired) electrons. The van der Waals surface area contributed by atoms with Crippen molar-refractivity contribution in [3.05, 3.63) is 40.3 Å². The molecule has 2 aromatic heterocycles. The number of ether oxygens (including phenoxy) is 1. The maximum atomic E-state index is 6.09. The summed E-state index contributed by atoms with van der Waals surface area (Å²) >= 11 is 3.47. The fraction of sp³-hybridized carbons (Fsp3) is 0.200. The van der Waals surface area contributed by atoms with E-state index in [1.54, 1.807) is 10.9 Å². The Hall–Kier alpha value is -2.08. The molecule has 0 atom stereocenters. The van der Waals surface area contributed by atoms with Gasteiger partial charge in [0.15, 0.2) is 11.5 Å². The van der Waals surface area contributed by atoms with Crippen molar-refractivity contribution in [2.45, 2.75) is 13.8 Å². The molecule has 0 spiro atoms. The van der Waals surface area contributed by atoms with E-state index in [1.807, 2.05) is 39.1 Å². The second kappa shape index (κ2) is 5.04. The van der Waals surface area contributed by atoms with Gasteiger partial charge in [-0.15, -0.1) is 0 Å². The molecule has 1 aromatic carbocycles. The molecular formula is C15H15BrN4O. The Labute approximate surface area is 130 Å². The monoisotopic (exact) mass is 346 g/mol. The SMILES string of the molecule is Cc1nn(C)c(C)c1Oc1c(N)cnc2ccc(Br)cc12. The molecule has 0 amide bonds. The lowest BCUT2D eigenvalue weighted by Crippen LogP contribution is -1.97. The third kappa shape index (κ3) is 2.35. The van der Waals surface area contributed by atoms with Gasteiger partial charge in [-0.3, -0.25) is 9.67 Å². The van der Waals surface area contributed by atoms with Gasteiger partial charge in [0.1, 0.15) is 5.69 Å². The molecule has 108 valence electrons. The van der Waals surface area contributed by atoms with E-state index in [0.29, 0.717) is 11.4 Å². The van der Waals surface area contributed by atoms with Crippen LogP contribution in [0.1, 0.15) is 11.4 Å². The zero-order valence-corrected chi connectivity index (χ0v) is 13.6. The molecule has 2 N–H and O–H groups in total. The summed E-state index contributed by atoms with van der Waals surface area (Å²) in [7, 11) is 1.89. The molecule has 0 aliphatic rings. The van der Waals surface area contributed by atoms with Gasteiger partial charge in [0.05, 0.1) is 23.1 Å². The van der Waals surface area contributed by atoms with E-state index >= 15 is 0 Å². The van der Waals surface area contributed by atoms with Crippen molar-refractivity contribution in [3.8, 4) is 11.5 Å². The summed E-state index contributed by atoms with van der Waals surface area (Å²) in [4.78, 5) is 4.33. The summed E-state index contributed by atoms with van der Waals surface area (Å²) < 4.78 is 8.83. The van der Waals surface area contributed by atoms with Gasteiger partial charge in [-0.2, -0.15) is 5.10 Å². The summed E-state index contributed by atoms with van der Waals surface area (Å²) in [6.45, 7) is 3.88. The highest BCUT2D eigenvalue weighted by molar-refractivity contribution is 9.10. The minimum absolute atomic E-state index is 0.503. The van der Waals surface area contributed by atoms with Crippen molar-refractivity contribution in [1.82, 2.24) is 14.8 Å². The van der Waals surface area contributed by atoms with Gasteiger partial charge in [-0.1, -0.05) is 15.9 Å². The number of hydrogen-bond donors (Lipinski definition) is 1. The van der Waals surface area contributed by atoms with Crippen LogP contribution >= 0.6 is 15.9 Å². The highest BCUT2D eigenvalue weighted by atomic mass is 79.9. The van der Waals surface area contributed by atoms with E-state index in [0.717, 1.165) is 32.5 Å². The summed E-state index contributed by atoms with van der Waals surface area (Å²) in [5.41, 5.74) is 9.18. The largest absolute Gasteiger partial charge is 0.451 e. The maximum absolute atomic E-state index is 6.09. The Balaban J connectivity index is 2.20. The van der Waals surface area contributed by atoms with Crippen LogP contribution in [0.25, 0.3) is 10.9 Å². The van der Waals surface area contributed by atoms with Crippen LogP contribution in [-0.4, -0.2) is 14.8 Å². The van der Waals surface area contributed by atoms with Crippen molar-refractivity contribution < 1.29 is 4.74 Å². The Morgan fingerprint density at radius 1 is 1.24 bits per heavy atom. The van der Waals surface area contributed by atoms with Crippen molar-refractivity contribution in [3.63, 3.8) is 0 Å². The lowest BCUT2D eigenvalue weighted by molar-refractivity contribution is 0.481. The average Bonchev–Trinajstić information content (AvgIpc) is 2.68. The zero-order chi connectivity index (χ0) is 15.1. The molecule has 3 aromatic rings. The van der Waals surface area contributed by atoms with Crippen molar-refractivity contribution in [2.24, 2.45) is 7.05 Å². The van der Waals surface area contributed by atoms with E-state index in [1.165, 1.54) is 0 Å². The van der Waals surface area contributed by atoms with E-state index < -0.39 is 0 Å². The van der Waals surface area contributed by atoms with Crippen LogP contribution in [0.2, 0.25) is 0 Å². The van der Waals surface area contributed by atoms with Gasteiger partial charge in [-0.05, 0) is 32.0 Å². The zero-order valence-electron chi connectivity index (χ0n) is 12.0. The van der Waals surface area contributed by atoms with Crippen LogP contribution in [0.5, 0.6) is 11.5 Å². The highest BCUT2D eigenvalue weighted by Gasteiger charge is 2.16. The van der Waals surface area contributed by atoms with Gasteiger partial charge < -0.3 is 10.5 Å². The number of fused-ring (bicyclic) bond motifs is 1. The summed E-state index contributed by atoms with van der Waals surface area (Å²) in [6.07, 6.45) is 1.62. The van der Waals surface area contributed by atoms with Gasteiger partial charge in [0.2, 0.25) is 0 Å².